The number of aliphatic hydroxyl groups is 1. The Morgan fingerprint density at radius 3 is 2.53 bits per heavy atom. The molecular formula is C12H16O2S. The molecule has 0 radical (unpaired) electrons. The van der Waals surface area contributed by atoms with Gasteiger partial charge in [0, 0.05) is 5.75 Å². The van der Waals surface area contributed by atoms with Crippen LogP contribution >= 0.6 is 11.8 Å². The summed E-state index contributed by atoms with van der Waals surface area (Å²) in [5, 5.41) is 10.5. The molecule has 0 spiro atoms. The quantitative estimate of drug-likeness (QED) is 0.835. The van der Waals surface area contributed by atoms with Gasteiger partial charge in [0.2, 0.25) is 0 Å². The van der Waals surface area contributed by atoms with Crippen molar-refractivity contribution in [3.8, 4) is 5.75 Å². The molecule has 15 heavy (non-hydrogen) atoms. The van der Waals surface area contributed by atoms with Crippen LogP contribution in [0.15, 0.2) is 24.3 Å². The van der Waals surface area contributed by atoms with Crippen molar-refractivity contribution in [1.82, 2.24) is 0 Å². The summed E-state index contributed by atoms with van der Waals surface area (Å²) in [6.45, 7) is 2.10. The molecule has 0 amide bonds. The van der Waals surface area contributed by atoms with Crippen LogP contribution in [0.1, 0.15) is 12.5 Å². The number of rotatable bonds is 2. The largest absolute Gasteiger partial charge is 0.497 e. The van der Waals surface area contributed by atoms with Gasteiger partial charge in [-0.05, 0) is 29.4 Å². The second-order valence-corrected chi connectivity index (χ2v) is 5.10. The first-order chi connectivity index (χ1) is 7.16. The number of methoxy groups -OCH3 is 1. The standard InChI is InChI=1S/C12H16O2S/c1-9-7-15-8-12(9,13)10-3-5-11(14-2)6-4-10/h3-6,9,13H,7-8H2,1-2H3/t9-,12-/m1/s1. The monoisotopic (exact) mass is 224 g/mol. The number of benzene rings is 1. The lowest BCUT2D eigenvalue weighted by molar-refractivity contribution is 0.0234. The summed E-state index contributed by atoms with van der Waals surface area (Å²) in [4.78, 5) is 0. The predicted octanol–water partition coefficient (Wildman–Crippen LogP) is 2.27. The molecule has 1 aromatic rings. The highest BCUT2D eigenvalue weighted by Gasteiger charge is 2.40. The lowest BCUT2D eigenvalue weighted by Crippen LogP contribution is -2.32. The fraction of sp³-hybridized carbons (Fsp3) is 0.500. The van der Waals surface area contributed by atoms with Crippen LogP contribution in [0.25, 0.3) is 0 Å². The summed E-state index contributed by atoms with van der Waals surface area (Å²) >= 11 is 1.81. The lowest BCUT2D eigenvalue weighted by Gasteiger charge is -2.27. The van der Waals surface area contributed by atoms with Gasteiger partial charge < -0.3 is 9.84 Å². The maximum Gasteiger partial charge on any atom is 0.118 e. The first-order valence-electron chi connectivity index (χ1n) is 5.11. The number of hydrogen-bond donors (Lipinski definition) is 1. The second kappa shape index (κ2) is 4.06. The molecule has 0 unspecified atom stereocenters. The van der Waals surface area contributed by atoms with E-state index in [1.807, 2.05) is 36.0 Å². The van der Waals surface area contributed by atoms with Crippen molar-refractivity contribution in [2.24, 2.45) is 5.92 Å². The van der Waals surface area contributed by atoms with E-state index in [9.17, 15) is 5.11 Å². The lowest BCUT2D eigenvalue weighted by atomic mass is 9.85. The topological polar surface area (TPSA) is 29.5 Å². The Bertz CT molecular complexity index is 336. The van der Waals surface area contributed by atoms with E-state index in [0.717, 1.165) is 22.8 Å². The van der Waals surface area contributed by atoms with Crippen molar-refractivity contribution in [3.63, 3.8) is 0 Å². The highest BCUT2D eigenvalue weighted by Crippen LogP contribution is 2.41. The first-order valence-corrected chi connectivity index (χ1v) is 6.27. The minimum absolute atomic E-state index is 0.316. The van der Waals surface area contributed by atoms with Crippen molar-refractivity contribution in [1.29, 1.82) is 0 Å². The third-order valence-electron chi connectivity index (χ3n) is 3.10. The van der Waals surface area contributed by atoms with Gasteiger partial charge >= 0.3 is 0 Å². The van der Waals surface area contributed by atoms with Crippen molar-refractivity contribution in [2.45, 2.75) is 12.5 Å². The molecule has 2 rings (SSSR count). The molecule has 0 aliphatic carbocycles. The summed E-state index contributed by atoms with van der Waals surface area (Å²) in [6, 6.07) is 7.73. The molecular weight excluding hydrogens is 208 g/mol. The van der Waals surface area contributed by atoms with Gasteiger partial charge in [-0.2, -0.15) is 11.8 Å². The zero-order valence-electron chi connectivity index (χ0n) is 9.06. The maximum atomic E-state index is 10.5. The molecule has 2 nitrogen and oxygen atoms in total. The molecule has 82 valence electrons. The fourth-order valence-electron chi connectivity index (χ4n) is 1.92. The number of ether oxygens (including phenoxy) is 1. The van der Waals surface area contributed by atoms with Crippen molar-refractivity contribution in [2.75, 3.05) is 18.6 Å². The van der Waals surface area contributed by atoms with Crippen LogP contribution in [0.3, 0.4) is 0 Å². The van der Waals surface area contributed by atoms with E-state index in [0.29, 0.717) is 5.92 Å². The van der Waals surface area contributed by atoms with Crippen LogP contribution in [0.5, 0.6) is 5.75 Å². The Morgan fingerprint density at radius 1 is 1.40 bits per heavy atom. The fourth-order valence-corrected chi connectivity index (χ4v) is 3.43. The van der Waals surface area contributed by atoms with E-state index in [4.69, 9.17) is 4.74 Å². The molecule has 0 saturated carbocycles. The van der Waals surface area contributed by atoms with Crippen molar-refractivity contribution < 1.29 is 9.84 Å². The summed E-state index contributed by atoms with van der Waals surface area (Å²) < 4.78 is 5.10. The van der Waals surface area contributed by atoms with Crippen LogP contribution in [0.4, 0.5) is 0 Å². The highest BCUT2D eigenvalue weighted by atomic mass is 32.2. The van der Waals surface area contributed by atoms with Crippen molar-refractivity contribution >= 4 is 11.8 Å². The van der Waals surface area contributed by atoms with Gasteiger partial charge in [0.05, 0.1) is 7.11 Å². The Hall–Kier alpha value is -0.670. The SMILES string of the molecule is COc1ccc([C@@]2(O)CSC[C@H]2C)cc1. The van der Waals surface area contributed by atoms with Crippen LogP contribution in [0.2, 0.25) is 0 Å². The molecule has 3 heteroatoms. The van der Waals surface area contributed by atoms with Crippen LogP contribution in [0, 0.1) is 5.92 Å². The Labute approximate surface area is 94.6 Å². The van der Waals surface area contributed by atoms with E-state index >= 15 is 0 Å². The minimum Gasteiger partial charge on any atom is -0.497 e. The van der Waals surface area contributed by atoms with Crippen LogP contribution in [-0.4, -0.2) is 23.7 Å². The van der Waals surface area contributed by atoms with Gasteiger partial charge in [0.1, 0.15) is 11.4 Å². The number of hydrogen-bond acceptors (Lipinski definition) is 3. The summed E-state index contributed by atoms with van der Waals surface area (Å²) in [6.07, 6.45) is 0. The molecule has 1 N–H and O–H groups in total. The molecule has 0 aromatic heterocycles. The summed E-state index contributed by atoms with van der Waals surface area (Å²) in [7, 11) is 1.65. The van der Waals surface area contributed by atoms with E-state index in [1.165, 1.54) is 0 Å². The van der Waals surface area contributed by atoms with Gasteiger partial charge in [-0.1, -0.05) is 19.1 Å². The molecule has 1 fully saturated rings. The highest BCUT2D eigenvalue weighted by molar-refractivity contribution is 7.99. The van der Waals surface area contributed by atoms with E-state index < -0.39 is 5.60 Å². The average Bonchev–Trinajstić information content (AvgIpc) is 2.61. The third-order valence-corrected chi connectivity index (χ3v) is 4.48. The molecule has 1 aliphatic rings. The maximum absolute atomic E-state index is 10.5. The average molecular weight is 224 g/mol. The van der Waals surface area contributed by atoms with Gasteiger partial charge in [-0.3, -0.25) is 0 Å². The van der Waals surface area contributed by atoms with E-state index in [-0.39, 0.29) is 0 Å². The van der Waals surface area contributed by atoms with Crippen LogP contribution < -0.4 is 4.74 Å². The number of thioether (sulfide) groups is 1. The molecule has 1 aliphatic heterocycles. The molecule has 2 atom stereocenters. The van der Waals surface area contributed by atoms with Gasteiger partial charge in [0.15, 0.2) is 0 Å². The second-order valence-electron chi connectivity index (χ2n) is 4.07. The van der Waals surface area contributed by atoms with Gasteiger partial charge in [-0.15, -0.1) is 0 Å². The molecule has 1 aromatic carbocycles. The summed E-state index contributed by atoms with van der Waals surface area (Å²) in [5.74, 6) is 2.97. The van der Waals surface area contributed by atoms with Crippen molar-refractivity contribution in [3.05, 3.63) is 29.8 Å². The molecule has 1 heterocycles. The Kier molecular flexibility index (Phi) is 2.94. The third kappa shape index (κ3) is 1.86. The smallest absolute Gasteiger partial charge is 0.118 e. The predicted molar refractivity (Wildman–Crippen MR) is 63.4 cm³/mol. The zero-order valence-corrected chi connectivity index (χ0v) is 9.88. The first kappa shape index (κ1) is 10.8. The Morgan fingerprint density at radius 2 is 2.07 bits per heavy atom. The summed E-state index contributed by atoms with van der Waals surface area (Å²) in [5.41, 5.74) is 0.345. The van der Waals surface area contributed by atoms with Gasteiger partial charge in [-0.25, -0.2) is 0 Å². The van der Waals surface area contributed by atoms with E-state index in [2.05, 4.69) is 6.92 Å². The Balaban J connectivity index is 2.28. The zero-order chi connectivity index (χ0) is 10.9. The molecule has 1 saturated heterocycles. The van der Waals surface area contributed by atoms with E-state index in [1.54, 1.807) is 7.11 Å². The van der Waals surface area contributed by atoms with Crippen LogP contribution in [-0.2, 0) is 5.60 Å². The normalized spacial score (nSPS) is 30.5. The molecule has 0 bridgehead atoms. The minimum atomic E-state index is -0.656. The van der Waals surface area contributed by atoms with Gasteiger partial charge in [0.25, 0.3) is 0 Å².